The Morgan fingerprint density at radius 2 is 1.44 bits per heavy atom. The third-order valence-electron chi connectivity index (χ3n) is 5.23. The van der Waals surface area contributed by atoms with Gasteiger partial charge in [0.15, 0.2) is 18.1 Å². The van der Waals surface area contributed by atoms with E-state index >= 15 is 0 Å². The molecule has 0 radical (unpaired) electrons. The number of furan rings is 1. The summed E-state index contributed by atoms with van der Waals surface area (Å²) in [6.07, 6.45) is 0. The number of anilines is 1. The number of amides is 1. The highest BCUT2D eigenvalue weighted by Crippen LogP contribution is 2.37. The lowest BCUT2D eigenvalue weighted by atomic mass is 10.1. The summed E-state index contributed by atoms with van der Waals surface area (Å²) in [7, 11) is 5.82. The zero-order valence-electron chi connectivity index (χ0n) is 19.1. The Hall–Kier alpha value is -4.40. The van der Waals surface area contributed by atoms with Crippen LogP contribution in [0.2, 0.25) is 0 Å². The topological polar surface area (TPSA) is 105 Å². The second-order valence-electron chi connectivity index (χ2n) is 7.18. The third kappa shape index (κ3) is 4.27. The summed E-state index contributed by atoms with van der Waals surface area (Å²) in [6, 6.07) is 14.0. The van der Waals surface area contributed by atoms with Gasteiger partial charge in [-0.2, -0.15) is 0 Å². The minimum absolute atomic E-state index is 0.0919. The van der Waals surface area contributed by atoms with Crippen LogP contribution in [0.15, 0.2) is 52.9 Å². The zero-order valence-corrected chi connectivity index (χ0v) is 19.1. The van der Waals surface area contributed by atoms with Gasteiger partial charge in [0.25, 0.3) is 5.91 Å². The molecule has 4 aromatic rings. The molecule has 0 atom stereocenters. The molecule has 1 N–H and O–H groups in total. The number of nitrogens with one attached hydrogen (secondary N) is 1. The van der Waals surface area contributed by atoms with Gasteiger partial charge >= 0.3 is 5.97 Å². The maximum Gasteiger partial charge on any atom is 0.342 e. The van der Waals surface area contributed by atoms with Crippen LogP contribution in [0.3, 0.4) is 0 Å². The van der Waals surface area contributed by atoms with Crippen LogP contribution in [0.25, 0.3) is 21.9 Å². The van der Waals surface area contributed by atoms with E-state index in [0.29, 0.717) is 28.5 Å². The van der Waals surface area contributed by atoms with E-state index in [4.69, 9.17) is 28.1 Å². The van der Waals surface area contributed by atoms with E-state index < -0.39 is 18.5 Å². The number of benzene rings is 3. The van der Waals surface area contributed by atoms with Gasteiger partial charge in [-0.05, 0) is 12.1 Å². The molecule has 0 aliphatic rings. The average molecular weight is 465 g/mol. The second-order valence-corrected chi connectivity index (χ2v) is 7.18. The summed E-state index contributed by atoms with van der Waals surface area (Å²) >= 11 is 0. The van der Waals surface area contributed by atoms with Gasteiger partial charge < -0.3 is 33.4 Å². The first-order valence-corrected chi connectivity index (χ1v) is 10.2. The lowest BCUT2D eigenvalue weighted by molar-refractivity contribution is -0.119. The van der Waals surface area contributed by atoms with Crippen LogP contribution in [-0.2, 0) is 9.53 Å². The van der Waals surface area contributed by atoms with Crippen molar-refractivity contribution in [2.75, 3.05) is 40.4 Å². The molecule has 0 aliphatic heterocycles. The highest BCUT2D eigenvalue weighted by Gasteiger charge is 2.21. The van der Waals surface area contributed by atoms with Gasteiger partial charge in [0, 0.05) is 29.0 Å². The van der Waals surface area contributed by atoms with Gasteiger partial charge in [0.2, 0.25) is 0 Å². The Balaban J connectivity index is 1.51. The van der Waals surface area contributed by atoms with Crippen molar-refractivity contribution in [3.63, 3.8) is 0 Å². The molecule has 4 rings (SSSR count). The Kier molecular flexibility index (Phi) is 6.44. The van der Waals surface area contributed by atoms with Crippen molar-refractivity contribution in [3.05, 3.63) is 54.1 Å². The largest absolute Gasteiger partial charge is 0.496 e. The number of fused-ring (bicyclic) bond motifs is 3. The highest BCUT2D eigenvalue weighted by atomic mass is 16.5. The van der Waals surface area contributed by atoms with E-state index in [1.54, 1.807) is 12.1 Å². The smallest absolute Gasteiger partial charge is 0.342 e. The molecule has 0 aliphatic carbocycles. The summed E-state index contributed by atoms with van der Waals surface area (Å²) in [5, 5.41) is 4.49. The van der Waals surface area contributed by atoms with Crippen LogP contribution in [0.5, 0.6) is 23.0 Å². The number of hydrogen-bond acceptors (Lipinski definition) is 8. The van der Waals surface area contributed by atoms with Crippen molar-refractivity contribution in [1.29, 1.82) is 0 Å². The Bertz CT molecular complexity index is 1370. The van der Waals surface area contributed by atoms with Crippen molar-refractivity contribution in [2.24, 2.45) is 0 Å². The summed E-state index contributed by atoms with van der Waals surface area (Å²) < 4.78 is 32.2. The molecule has 9 nitrogen and oxygen atoms in total. The lowest BCUT2D eigenvalue weighted by Gasteiger charge is -2.14. The molecule has 0 bridgehead atoms. The van der Waals surface area contributed by atoms with Gasteiger partial charge in [-0.1, -0.05) is 18.2 Å². The van der Waals surface area contributed by atoms with Gasteiger partial charge in [0.1, 0.15) is 28.2 Å². The molecule has 0 saturated heterocycles. The SMILES string of the molecule is COc1cc2c(cc1NC(=O)COC(=O)c1cc(OC)c(OC)cc1OC)oc1ccccc12. The van der Waals surface area contributed by atoms with Crippen molar-refractivity contribution in [3.8, 4) is 23.0 Å². The first kappa shape index (κ1) is 22.8. The first-order valence-electron chi connectivity index (χ1n) is 10.2. The van der Waals surface area contributed by atoms with Gasteiger partial charge in [-0.3, -0.25) is 4.79 Å². The molecule has 0 fully saturated rings. The monoisotopic (exact) mass is 465 g/mol. The van der Waals surface area contributed by atoms with E-state index in [9.17, 15) is 9.59 Å². The number of ether oxygens (including phenoxy) is 5. The Labute approximate surface area is 195 Å². The number of para-hydroxylation sites is 1. The molecule has 1 heterocycles. The first-order chi connectivity index (χ1) is 16.5. The van der Waals surface area contributed by atoms with Gasteiger partial charge in [-0.15, -0.1) is 0 Å². The summed E-state index contributed by atoms with van der Waals surface area (Å²) in [5.74, 6) is 0.0693. The van der Waals surface area contributed by atoms with Crippen LogP contribution in [0.1, 0.15) is 10.4 Å². The predicted molar refractivity (Wildman–Crippen MR) is 125 cm³/mol. The van der Waals surface area contributed by atoms with Crippen molar-refractivity contribution < 1.29 is 37.7 Å². The number of rotatable bonds is 8. The molecule has 0 saturated carbocycles. The maximum absolute atomic E-state index is 12.6. The summed E-state index contributed by atoms with van der Waals surface area (Å²) in [4.78, 5) is 25.2. The highest BCUT2D eigenvalue weighted by molar-refractivity contribution is 6.08. The fourth-order valence-electron chi connectivity index (χ4n) is 3.60. The molecule has 34 heavy (non-hydrogen) atoms. The summed E-state index contributed by atoms with van der Waals surface area (Å²) in [5.41, 5.74) is 1.79. The molecular formula is C25H23NO8. The van der Waals surface area contributed by atoms with Crippen LogP contribution in [0, 0.1) is 0 Å². The Morgan fingerprint density at radius 3 is 2.15 bits per heavy atom. The van der Waals surface area contributed by atoms with E-state index in [1.165, 1.54) is 40.6 Å². The molecule has 9 heteroatoms. The number of esters is 1. The van der Waals surface area contributed by atoms with Crippen LogP contribution >= 0.6 is 0 Å². The fourth-order valence-corrected chi connectivity index (χ4v) is 3.60. The third-order valence-corrected chi connectivity index (χ3v) is 5.23. The molecule has 1 aromatic heterocycles. The molecule has 0 spiro atoms. The molecule has 1 amide bonds. The molecule has 3 aromatic carbocycles. The van der Waals surface area contributed by atoms with E-state index in [1.807, 2.05) is 24.3 Å². The average Bonchev–Trinajstić information content (AvgIpc) is 3.23. The fraction of sp³-hybridized carbons (Fsp3) is 0.200. The number of carbonyl (C=O) groups is 2. The normalized spacial score (nSPS) is 10.7. The standard InChI is InChI=1S/C25H23NO8/c1-29-19-12-23(32-4)22(31-3)10-16(19)25(28)33-13-24(27)26-17-11-20-15(9-21(17)30-2)14-7-5-6-8-18(14)34-20/h5-12H,13H2,1-4H3,(H,26,27). The minimum atomic E-state index is -0.757. The van der Waals surface area contributed by atoms with Crippen molar-refractivity contribution in [1.82, 2.24) is 0 Å². The zero-order chi connectivity index (χ0) is 24.2. The van der Waals surface area contributed by atoms with Crippen molar-refractivity contribution in [2.45, 2.75) is 0 Å². The predicted octanol–water partition coefficient (Wildman–Crippen LogP) is 4.42. The Morgan fingerprint density at radius 1 is 0.765 bits per heavy atom. The number of methoxy groups -OCH3 is 4. The maximum atomic E-state index is 12.6. The quantitative estimate of drug-likeness (QED) is 0.382. The molecule has 0 unspecified atom stereocenters. The van der Waals surface area contributed by atoms with Gasteiger partial charge in [-0.25, -0.2) is 4.79 Å². The van der Waals surface area contributed by atoms with Crippen molar-refractivity contribution >= 4 is 39.5 Å². The van der Waals surface area contributed by atoms with E-state index in [0.717, 1.165) is 16.4 Å². The molecular weight excluding hydrogens is 442 g/mol. The van der Waals surface area contributed by atoms with Crippen LogP contribution in [-0.4, -0.2) is 46.9 Å². The number of carbonyl (C=O) groups excluding carboxylic acids is 2. The van der Waals surface area contributed by atoms with Crippen LogP contribution < -0.4 is 24.3 Å². The summed E-state index contributed by atoms with van der Waals surface area (Å²) in [6.45, 7) is -0.530. The van der Waals surface area contributed by atoms with E-state index in [-0.39, 0.29) is 11.3 Å². The second kappa shape index (κ2) is 9.62. The van der Waals surface area contributed by atoms with Gasteiger partial charge in [0.05, 0.1) is 34.1 Å². The van der Waals surface area contributed by atoms with Crippen LogP contribution in [0.4, 0.5) is 5.69 Å². The minimum Gasteiger partial charge on any atom is -0.496 e. The van der Waals surface area contributed by atoms with E-state index in [2.05, 4.69) is 5.32 Å². The molecule has 176 valence electrons. The lowest BCUT2D eigenvalue weighted by Crippen LogP contribution is -2.21. The number of hydrogen-bond donors (Lipinski definition) is 1.